The summed E-state index contributed by atoms with van der Waals surface area (Å²) in [5, 5.41) is 5.16. The van der Waals surface area contributed by atoms with Crippen LogP contribution in [0.1, 0.15) is 19.2 Å². The average molecular weight is 422 g/mol. The second-order valence-corrected chi connectivity index (χ2v) is 7.68. The van der Waals surface area contributed by atoms with Crippen molar-refractivity contribution in [1.82, 2.24) is 19.7 Å². The van der Waals surface area contributed by atoms with Crippen molar-refractivity contribution in [3.05, 3.63) is 58.7 Å². The molecule has 0 aliphatic carbocycles. The first-order valence-electron chi connectivity index (χ1n) is 9.58. The molecule has 8 nitrogen and oxygen atoms in total. The quantitative estimate of drug-likeness (QED) is 0.341. The van der Waals surface area contributed by atoms with Crippen molar-refractivity contribution in [1.29, 1.82) is 0 Å². The summed E-state index contributed by atoms with van der Waals surface area (Å²) in [5.41, 5.74) is 1.37. The van der Waals surface area contributed by atoms with Gasteiger partial charge in [-0.15, -0.1) is 0 Å². The minimum absolute atomic E-state index is 0.0989. The number of fused-ring (bicyclic) bond motifs is 2. The molecule has 0 saturated heterocycles. The second-order valence-electron chi connectivity index (χ2n) is 6.74. The van der Waals surface area contributed by atoms with Gasteiger partial charge in [0.05, 0.1) is 16.7 Å². The Labute approximate surface area is 175 Å². The van der Waals surface area contributed by atoms with E-state index < -0.39 is 0 Å². The SMILES string of the molecule is CCCn1c(SCc2nc(-c3ccccc3)no2)nc2cc3c(cc2c1=O)OCO3. The van der Waals surface area contributed by atoms with E-state index in [9.17, 15) is 4.79 Å². The van der Waals surface area contributed by atoms with Crippen LogP contribution in [-0.2, 0) is 12.3 Å². The van der Waals surface area contributed by atoms with Crippen molar-refractivity contribution in [2.45, 2.75) is 30.8 Å². The fraction of sp³-hybridized carbons (Fsp3) is 0.238. The smallest absolute Gasteiger partial charge is 0.262 e. The van der Waals surface area contributed by atoms with Crippen molar-refractivity contribution in [2.24, 2.45) is 0 Å². The summed E-state index contributed by atoms with van der Waals surface area (Å²) < 4.78 is 17.9. The van der Waals surface area contributed by atoms with Crippen LogP contribution < -0.4 is 15.0 Å². The predicted octanol–water partition coefficient (Wildman–Crippen LogP) is 3.88. The normalized spacial score (nSPS) is 12.6. The summed E-state index contributed by atoms with van der Waals surface area (Å²) in [7, 11) is 0. The maximum absolute atomic E-state index is 13.1. The number of benzene rings is 2. The van der Waals surface area contributed by atoms with Gasteiger partial charge in [0, 0.05) is 18.2 Å². The molecule has 0 saturated carbocycles. The molecule has 1 aliphatic heterocycles. The topological polar surface area (TPSA) is 92.3 Å². The van der Waals surface area contributed by atoms with Crippen molar-refractivity contribution >= 4 is 22.7 Å². The zero-order chi connectivity index (χ0) is 20.5. The zero-order valence-electron chi connectivity index (χ0n) is 16.2. The number of aromatic nitrogens is 4. The van der Waals surface area contributed by atoms with Crippen molar-refractivity contribution < 1.29 is 14.0 Å². The Morgan fingerprint density at radius 2 is 1.90 bits per heavy atom. The fourth-order valence-corrected chi connectivity index (χ4v) is 4.13. The highest BCUT2D eigenvalue weighted by molar-refractivity contribution is 7.98. The first kappa shape index (κ1) is 18.7. The van der Waals surface area contributed by atoms with Crippen LogP contribution in [0.4, 0.5) is 0 Å². The van der Waals surface area contributed by atoms with Crippen molar-refractivity contribution in [3.8, 4) is 22.9 Å². The molecular formula is C21H18N4O4S. The molecule has 0 amide bonds. The molecule has 30 heavy (non-hydrogen) atoms. The molecule has 152 valence electrons. The van der Waals surface area contributed by atoms with Gasteiger partial charge in [-0.3, -0.25) is 9.36 Å². The number of hydrogen-bond acceptors (Lipinski definition) is 8. The van der Waals surface area contributed by atoms with E-state index in [2.05, 4.69) is 10.1 Å². The maximum atomic E-state index is 13.1. The molecule has 1 aliphatic rings. The largest absolute Gasteiger partial charge is 0.454 e. The van der Waals surface area contributed by atoms with Gasteiger partial charge in [-0.1, -0.05) is 54.2 Å². The van der Waals surface area contributed by atoms with Crippen molar-refractivity contribution in [3.63, 3.8) is 0 Å². The molecule has 0 spiro atoms. The van der Waals surface area contributed by atoms with Gasteiger partial charge in [0.2, 0.25) is 18.5 Å². The van der Waals surface area contributed by atoms with Crippen LogP contribution in [0.15, 0.2) is 56.9 Å². The highest BCUT2D eigenvalue weighted by Crippen LogP contribution is 2.35. The Bertz CT molecular complexity index is 1270. The summed E-state index contributed by atoms with van der Waals surface area (Å²) in [5.74, 6) is 2.59. The molecule has 0 bridgehead atoms. The zero-order valence-corrected chi connectivity index (χ0v) is 17.0. The van der Waals surface area contributed by atoms with E-state index in [4.69, 9.17) is 19.0 Å². The van der Waals surface area contributed by atoms with Crippen LogP contribution in [0.25, 0.3) is 22.3 Å². The Morgan fingerprint density at radius 1 is 1.10 bits per heavy atom. The average Bonchev–Trinajstić information content (AvgIpc) is 3.43. The minimum atomic E-state index is -0.0989. The first-order chi connectivity index (χ1) is 14.7. The van der Waals surface area contributed by atoms with Gasteiger partial charge in [-0.2, -0.15) is 4.98 Å². The lowest BCUT2D eigenvalue weighted by molar-refractivity contribution is 0.174. The molecule has 2 aromatic heterocycles. The molecule has 0 unspecified atom stereocenters. The van der Waals surface area contributed by atoms with Gasteiger partial charge in [-0.05, 0) is 12.5 Å². The van der Waals surface area contributed by atoms with E-state index in [1.165, 1.54) is 11.8 Å². The summed E-state index contributed by atoms with van der Waals surface area (Å²) in [6, 6.07) is 13.1. The Balaban J connectivity index is 1.46. The molecule has 3 heterocycles. The summed E-state index contributed by atoms with van der Waals surface area (Å²) in [4.78, 5) is 22.3. The van der Waals surface area contributed by atoms with Crippen LogP contribution >= 0.6 is 11.8 Å². The summed E-state index contributed by atoms with van der Waals surface area (Å²) in [6.45, 7) is 2.74. The minimum Gasteiger partial charge on any atom is -0.454 e. The molecule has 9 heteroatoms. The maximum Gasteiger partial charge on any atom is 0.262 e. The Morgan fingerprint density at radius 3 is 2.70 bits per heavy atom. The lowest BCUT2D eigenvalue weighted by Crippen LogP contribution is -2.23. The molecule has 0 fully saturated rings. The number of rotatable bonds is 6. The number of nitrogens with zero attached hydrogens (tertiary/aromatic N) is 4. The van der Waals surface area contributed by atoms with Gasteiger partial charge in [-0.25, -0.2) is 4.98 Å². The van der Waals surface area contributed by atoms with Crippen LogP contribution in [0, 0.1) is 0 Å². The highest BCUT2D eigenvalue weighted by atomic mass is 32.2. The van der Waals surface area contributed by atoms with Gasteiger partial charge >= 0.3 is 0 Å². The Hall–Kier alpha value is -3.33. The molecule has 0 atom stereocenters. The predicted molar refractivity (Wildman–Crippen MR) is 112 cm³/mol. The first-order valence-corrected chi connectivity index (χ1v) is 10.6. The molecule has 0 N–H and O–H groups in total. The standard InChI is InChI=1S/C21H18N4O4S/c1-2-8-25-20(26)14-9-16-17(28-12-27-16)10-15(14)22-21(25)30-11-18-23-19(24-29-18)13-6-4-3-5-7-13/h3-7,9-10H,2,8,11-12H2,1H3. The van der Waals surface area contributed by atoms with E-state index in [0.717, 1.165) is 12.0 Å². The molecule has 0 radical (unpaired) electrons. The van der Waals surface area contributed by atoms with Crippen LogP contribution in [0.3, 0.4) is 0 Å². The van der Waals surface area contributed by atoms with Gasteiger partial charge < -0.3 is 14.0 Å². The van der Waals surface area contributed by atoms with E-state index in [-0.39, 0.29) is 12.4 Å². The van der Waals surface area contributed by atoms with Gasteiger partial charge in [0.15, 0.2) is 16.7 Å². The summed E-state index contributed by atoms with van der Waals surface area (Å²) >= 11 is 1.39. The van der Waals surface area contributed by atoms with Crippen molar-refractivity contribution in [2.75, 3.05) is 6.79 Å². The molecule has 2 aromatic carbocycles. The lowest BCUT2D eigenvalue weighted by Gasteiger charge is -2.12. The van der Waals surface area contributed by atoms with E-state index >= 15 is 0 Å². The Kier molecular flexibility index (Phi) is 4.88. The fourth-order valence-electron chi connectivity index (χ4n) is 3.27. The molecule has 5 rings (SSSR count). The second kappa shape index (κ2) is 7.83. The van der Waals surface area contributed by atoms with Gasteiger partial charge in [0.1, 0.15) is 0 Å². The molecular weight excluding hydrogens is 404 g/mol. The third-order valence-electron chi connectivity index (χ3n) is 4.69. The van der Waals surface area contributed by atoms with Crippen LogP contribution in [0.5, 0.6) is 11.5 Å². The monoisotopic (exact) mass is 422 g/mol. The highest BCUT2D eigenvalue weighted by Gasteiger charge is 2.19. The van der Waals surface area contributed by atoms with E-state index in [0.29, 0.717) is 51.6 Å². The molecule has 4 aromatic rings. The third kappa shape index (κ3) is 3.41. The lowest BCUT2D eigenvalue weighted by atomic mass is 10.2. The number of hydrogen-bond donors (Lipinski definition) is 0. The van der Waals surface area contributed by atoms with Gasteiger partial charge in [0.25, 0.3) is 5.56 Å². The number of ether oxygens (including phenoxy) is 2. The van der Waals surface area contributed by atoms with Crippen LogP contribution in [0.2, 0.25) is 0 Å². The van der Waals surface area contributed by atoms with E-state index in [1.807, 2.05) is 37.3 Å². The number of thioether (sulfide) groups is 1. The summed E-state index contributed by atoms with van der Waals surface area (Å²) in [6.07, 6.45) is 0.809. The van der Waals surface area contributed by atoms with E-state index in [1.54, 1.807) is 16.7 Å². The van der Waals surface area contributed by atoms with Crippen LogP contribution in [-0.4, -0.2) is 26.5 Å². The third-order valence-corrected chi connectivity index (χ3v) is 5.65.